The van der Waals surface area contributed by atoms with E-state index in [1.165, 1.54) is 37.3 Å². The molecule has 3 rings (SSSR count). The Morgan fingerprint density at radius 3 is 2.43 bits per heavy atom. The fourth-order valence-electron chi connectivity index (χ4n) is 3.02. The van der Waals surface area contributed by atoms with E-state index >= 15 is 0 Å². The van der Waals surface area contributed by atoms with Crippen molar-refractivity contribution in [3.8, 4) is 11.5 Å². The van der Waals surface area contributed by atoms with Crippen LogP contribution in [0.15, 0.2) is 47.4 Å². The average molecular weight is 510 g/mol. The van der Waals surface area contributed by atoms with Crippen molar-refractivity contribution in [2.75, 3.05) is 6.61 Å². The van der Waals surface area contributed by atoms with E-state index < -0.39 is 45.5 Å². The first-order chi connectivity index (χ1) is 16.4. The number of imide groups is 1. The fraction of sp³-hybridized carbons (Fsp3) is 0.227. The largest absolute Gasteiger partial charge is 0.464 e. The molecule has 9 nitrogen and oxygen atoms in total. The molecule has 1 atom stereocenters. The number of halogens is 3. The van der Waals surface area contributed by atoms with Crippen molar-refractivity contribution in [3.05, 3.63) is 68.6 Å². The van der Waals surface area contributed by atoms with Crippen molar-refractivity contribution in [1.29, 1.82) is 0 Å². The lowest BCUT2D eigenvalue weighted by Crippen LogP contribution is -2.42. The van der Waals surface area contributed by atoms with Gasteiger partial charge in [-0.25, -0.2) is 4.79 Å². The van der Waals surface area contributed by atoms with E-state index in [4.69, 9.17) is 9.47 Å². The van der Waals surface area contributed by atoms with E-state index in [1.54, 1.807) is 6.92 Å². The van der Waals surface area contributed by atoms with Crippen LogP contribution in [0, 0.1) is 10.1 Å². The van der Waals surface area contributed by atoms with Crippen LogP contribution in [-0.4, -0.2) is 39.6 Å². The monoisotopic (exact) mass is 510 g/mol. The van der Waals surface area contributed by atoms with Crippen LogP contribution < -0.4 is 4.74 Å². The minimum absolute atomic E-state index is 0.0678. The van der Waals surface area contributed by atoms with Gasteiger partial charge < -0.3 is 9.47 Å². The Labute approximate surface area is 200 Å². The van der Waals surface area contributed by atoms with E-state index in [9.17, 15) is 37.7 Å². The average Bonchev–Trinajstić information content (AvgIpc) is 3.06. The van der Waals surface area contributed by atoms with Gasteiger partial charge in [0.2, 0.25) is 5.75 Å². The molecule has 35 heavy (non-hydrogen) atoms. The summed E-state index contributed by atoms with van der Waals surface area (Å²) in [5.74, 6) is -1.67. The molecular weight excluding hydrogens is 493 g/mol. The number of nitro benzene ring substituents is 1. The van der Waals surface area contributed by atoms with E-state index in [0.29, 0.717) is 29.5 Å². The Hall–Kier alpha value is -3.87. The molecule has 2 aromatic carbocycles. The number of nitro groups is 1. The molecule has 0 aliphatic carbocycles. The van der Waals surface area contributed by atoms with E-state index in [2.05, 4.69) is 0 Å². The van der Waals surface area contributed by atoms with E-state index in [0.717, 1.165) is 11.0 Å². The van der Waals surface area contributed by atoms with Crippen LogP contribution in [0.4, 0.5) is 23.7 Å². The summed E-state index contributed by atoms with van der Waals surface area (Å²) < 4.78 is 48.8. The first-order valence-electron chi connectivity index (χ1n) is 9.99. The predicted molar refractivity (Wildman–Crippen MR) is 119 cm³/mol. The molecule has 0 aromatic heterocycles. The van der Waals surface area contributed by atoms with Gasteiger partial charge in [-0.15, -0.1) is 0 Å². The zero-order chi connectivity index (χ0) is 25.9. The normalized spacial score (nSPS) is 15.9. The minimum Gasteiger partial charge on any atom is -0.464 e. The molecule has 0 saturated carbocycles. The Bertz CT molecular complexity index is 1210. The molecule has 0 bridgehead atoms. The van der Waals surface area contributed by atoms with Crippen molar-refractivity contribution in [2.45, 2.75) is 26.1 Å². The molecule has 0 N–H and O–H groups in total. The molecule has 2 aromatic rings. The van der Waals surface area contributed by atoms with Crippen LogP contribution >= 0.6 is 11.8 Å². The van der Waals surface area contributed by atoms with E-state index in [1.807, 2.05) is 0 Å². The quantitative estimate of drug-likeness (QED) is 0.211. The highest BCUT2D eigenvalue weighted by atomic mass is 32.2. The number of hydrogen-bond acceptors (Lipinski definition) is 8. The van der Waals surface area contributed by atoms with Crippen LogP contribution in [0.1, 0.15) is 25.0 Å². The van der Waals surface area contributed by atoms with Gasteiger partial charge in [0.15, 0.2) is 0 Å². The molecule has 2 amide bonds. The summed E-state index contributed by atoms with van der Waals surface area (Å²) in [7, 11) is 0. The highest BCUT2D eigenvalue weighted by Gasteiger charge is 2.41. The molecule has 0 spiro atoms. The Balaban J connectivity index is 1.78. The number of hydrogen-bond donors (Lipinski definition) is 0. The Morgan fingerprint density at radius 2 is 1.86 bits per heavy atom. The smallest absolute Gasteiger partial charge is 0.416 e. The van der Waals surface area contributed by atoms with Crippen molar-refractivity contribution >= 4 is 40.6 Å². The number of benzene rings is 2. The molecule has 1 aliphatic rings. The maximum atomic E-state index is 12.9. The van der Waals surface area contributed by atoms with Gasteiger partial charge in [0, 0.05) is 6.07 Å². The van der Waals surface area contributed by atoms with Crippen molar-refractivity contribution < 1.29 is 42.0 Å². The molecule has 0 radical (unpaired) electrons. The van der Waals surface area contributed by atoms with Gasteiger partial charge in [-0.1, -0.05) is 12.1 Å². The van der Waals surface area contributed by atoms with Gasteiger partial charge in [-0.3, -0.25) is 24.6 Å². The molecule has 1 aliphatic heterocycles. The van der Waals surface area contributed by atoms with Crippen LogP contribution in [0.2, 0.25) is 0 Å². The lowest BCUT2D eigenvalue weighted by atomic mass is 10.1. The first kappa shape index (κ1) is 25.7. The summed E-state index contributed by atoms with van der Waals surface area (Å²) >= 11 is 0.648. The number of carbonyl (C=O) groups excluding carboxylic acids is 3. The van der Waals surface area contributed by atoms with Gasteiger partial charge >= 0.3 is 17.8 Å². The number of nitrogens with zero attached hydrogens (tertiary/aromatic N) is 2. The highest BCUT2D eigenvalue weighted by Crippen LogP contribution is 2.38. The minimum atomic E-state index is -4.75. The lowest BCUT2D eigenvalue weighted by molar-refractivity contribution is -0.385. The van der Waals surface area contributed by atoms with Gasteiger partial charge in [0.25, 0.3) is 11.1 Å². The van der Waals surface area contributed by atoms with Crippen molar-refractivity contribution in [1.82, 2.24) is 4.90 Å². The molecule has 13 heteroatoms. The van der Waals surface area contributed by atoms with Crippen LogP contribution in [0.25, 0.3) is 6.08 Å². The Kier molecular flexibility index (Phi) is 7.48. The first-order valence-corrected chi connectivity index (χ1v) is 10.8. The van der Waals surface area contributed by atoms with Crippen molar-refractivity contribution in [2.24, 2.45) is 0 Å². The summed E-state index contributed by atoms with van der Waals surface area (Å²) in [5.41, 5.74) is -1.57. The number of thioether (sulfide) groups is 1. The van der Waals surface area contributed by atoms with Gasteiger partial charge in [-0.2, -0.15) is 13.2 Å². The molecular formula is C22H17F3N2O7S. The molecule has 1 fully saturated rings. The third-order valence-electron chi connectivity index (χ3n) is 4.73. The number of rotatable bonds is 7. The highest BCUT2D eigenvalue weighted by molar-refractivity contribution is 8.18. The van der Waals surface area contributed by atoms with Gasteiger partial charge in [-0.05, 0) is 61.5 Å². The predicted octanol–water partition coefficient (Wildman–Crippen LogP) is 5.39. The number of carbonyl (C=O) groups is 3. The van der Waals surface area contributed by atoms with Crippen molar-refractivity contribution in [3.63, 3.8) is 0 Å². The van der Waals surface area contributed by atoms with Crippen LogP contribution in [0.3, 0.4) is 0 Å². The second-order valence-electron chi connectivity index (χ2n) is 7.09. The summed E-state index contributed by atoms with van der Waals surface area (Å²) in [4.78, 5) is 47.8. The summed E-state index contributed by atoms with van der Waals surface area (Å²) in [6.45, 7) is 3.07. The number of esters is 1. The number of alkyl halides is 3. The second-order valence-corrected chi connectivity index (χ2v) is 8.08. The molecule has 0 unspecified atom stereocenters. The summed E-state index contributed by atoms with van der Waals surface area (Å²) in [6.07, 6.45) is -3.34. The summed E-state index contributed by atoms with van der Waals surface area (Å²) in [5, 5.41) is 10.6. The third kappa shape index (κ3) is 5.80. The zero-order valence-electron chi connectivity index (χ0n) is 18.2. The SMILES string of the molecule is CCOC(=O)[C@H](C)N1C(=O)S/C(=C/c2ccc(Oc3ccc(C(F)(F)F)cc3[N+](=O)[O-])cc2)C1=O. The lowest BCUT2D eigenvalue weighted by Gasteiger charge is -2.19. The summed E-state index contributed by atoms with van der Waals surface area (Å²) in [6, 6.07) is 6.56. The maximum absolute atomic E-state index is 12.9. The molecule has 1 heterocycles. The number of ether oxygens (including phenoxy) is 2. The topological polar surface area (TPSA) is 116 Å². The molecule has 1 saturated heterocycles. The maximum Gasteiger partial charge on any atom is 0.416 e. The molecule has 184 valence electrons. The number of amides is 2. The second kappa shape index (κ2) is 10.2. The fourth-order valence-corrected chi connectivity index (χ4v) is 3.92. The van der Waals surface area contributed by atoms with Gasteiger partial charge in [0.1, 0.15) is 11.8 Å². The third-order valence-corrected chi connectivity index (χ3v) is 5.61. The Morgan fingerprint density at radius 1 is 1.20 bits per heavy atom. The van der Waals surface area contributed by atoms with E-state index in [-0.39, 0.29) is 23.0 Å². The van der Waals surface area contributed by atoms with Gasteiger partial charge in [0.05, 0.1) is 22.0 Å². The standard InChI is InChI=1S/C22H17F3N2O7S/c1-3-33-20(29)12(2)26-19(28)18(35-21(26)30)10-13-4-7-15(8-5-13)34-17-9-6-14(22(23,24)25)11-16(17)27(31)32/h4-12H,3H2,1-2H3/b18-10+/t12-/m0/s1. The van der Waals surface area contributed by atoms with Crippen LogP contribution in [0.5, 0.6) is 11.5 Å². The zero-order valence-corrected chi connectivity index (χ0v) is 19.0. The van der Waals surface area contributed by atoms with Crippen LogP contribution in [-0.2, 0) is 20.5 Å².